The summed E-state index contributed by atoms with van der Waals surface area (Å²) in [6.45, 7) is 0.413. The molecule has 88 valence electrons. The monoisotopic (exact) mass is 231 g/mol. The SMILES string of the molecule is COC(=O)C(CN)(CCSC)CC1CC1. The summed E-state index contributed by atoms with van der Waals surface area (Å²) in [5, 5.41) is 0. The van der Waals surface area contributed by atoms with E-state index in [-0.39, 0.29) is 5.97 Å². The van der Waals surface area contributed by atoms with E-state index in [1.807, 2.05) is 0 Å². The molecule has 1 saturated carbocycles. The zero-order chi connectivity index (χ0) is 11.3. The summed E-state index contributed by atoms with van der Waals surface area (Å²) in [4.78, 5) is 11.8. The van der Waals surface area contributed by atoms with Gasteiger partial charge in [-0.25, -0.2) is 0 Å². The summed E-state index contributed by atoms with van der Waals surface area (Å²) in [6.07, 6.45) is 6.30. The highest BCUT2D eigenvalue weighted by Crippen LogP contribution is 2.42. The van der Waals surface area contributed by atoms with Crippen LogP contribution in [0.4, 0.5) is 0 Å². The molecule has 1 atom stereocenters. The van der Waals surface area contributed by atoms with Crippen molar-refractivity contribution < 1.29 is 9.53 Å². The number of rotatable bonds is 7. The number of thioether (sulfide) groups is 1. The summed E-state index contributed by atoms with van der Waals surface area (Å²) in [7, 11) is 1.46. The first-order valence-corrected chi connectivity index (χ1v) is 6.85. The number of hydrogen-bond donors (Lipinski definition) is 1. The van der Waals surface area contributed by atoms with Gasteiger partial charge < -0.3 is 10.5 Å². The summed E-state index contributed by atoms with van der Waals surface area (Å²) < 4.78 is 4.90. The molecule has 0 bridgehead atoms. The van der Waals surface area contributed by atoms with Crippen LogP contribution in [0.25, 0.3) is 0 Å². The topological polar surface area (TPSA) is 52.3 Å². The first-order valence-electron chi connectivity index (χ1n) is 5.46. The molecule has 1 unspecified atom stereocenters. The van der Waals surface area contributed by atoms with Crippen LogP contribution in [0.2, 0.25) is 0 Å². The van der Waals surface area contributed by atoms with Crippen LogP contribution in [0.15, 0.2) is 0 Å². The maximum atomic E-state index is 11.8. The molecule has 0 heterocycles. The molecular weight excluding hydrogens is 210 g/mol. The van der Waals surface area contributed by atoms with Crippen LogP contribution in [-0.4, -0.2) is 31.6 Å². The van der Waals surface area contributed by atoms with E-state index < -0.39 is 5.41 Å². The molecule has 1 aliphatic rings. The summed E-state index contributed by atoms with van der Waals surface area (Å²) in [6, 6.07) is 0. The van der Waals surface area contributed by atoms with Gasteiger partial charge >= 0.3 is 5.97 Å². The van der Waals surface area contributed by atoms with E-state index in [0.717, 1.165) is 18.6 Å². The number of carbonyl (C=O) groups excluding carboxylic acids is 1. The lowest BCUT2D eigenvalue weighted by Gasteiger charge is -2.29. The highest BCUT2D eigenvalue weighted by Gasteiger charge is 2.42. The van der Waals surface area contributed by atoms with Gasteiger partial charge in [-0.2, -0.15) is 11.8 Å². The van der Waals surface area contributed by atoms with Crippen molar-refractivity contribution in [3.63, 3.8) is 0 Å². The predicted octanol–water partition coefficient (Wildman–Crippen LogP) is 1.66. The second-order valence-corrected chi connectivity index (χ2v) is 5.35. The predicted molar refractivity (Wildman–Crippen MR) is 63.8 cm³/mol. The maximum absolute atomic E-state index is 11.8. The van der Waals surface area contributed by atoms with Crippen molar-refractivity contribution in [2.75, 3.05) is 25.7 Å². The second kappa shape index (κ2) is 5.75. The Hall–Kier alpha value is -0.220. The Morgan fingerprint density at radius 3 is 2.67 bits per heavy atom. The van der Waals surface area contributed by atoms with Crippen LogP contribution in [0.1, 0.15) is 25.7 Å². The lowest BCUT2D eigenvalue weighted by molar-refractivity contribution is -0.153. The van der Waals surface area contributed by atoms with Gasteiger partial charge in [0, 0.05) is 6.54 Å². The van der Waals surface area contributed by atoms with E-state index in [9.17, 15) is 4.79 Å². The molecule has 2 N–H and O–H groups in total. The Morgan fingerprint density at radius 2 is 2.27 bits per heavy atom. The molecule has 1 aliphatic carbocycles. The smallest absolute Gasteiger partial charge is 0.313 e. The lowest BCUT2D eigenvalue weighted by atomic mass is 9.80. The molecule has 0 saturated heterocycles. The fourth-order valence-corrected chi connectivity index (χ4v) is 2.54. The maximum Gasteiger partial charge on any atom is 0.313 e. The van der Waals surface area contributed by atoms with Crippen molar-refractivity contribution >= 4 is 17.7 Å². The molecule has 1 rings (SSSR count). The summed E-state index contributed by atoms with van der Waals surface area (Å²) in [5.41, 5.74) is 5.37. The number of hydrogen-bond acceptors (Lipinski definition) is 4. The fraction of sp³-hybridized carbons (Fsp3) is 0.909. The van der Waals surface area contributed by atoms with E-state index >= 15 is 0 Å². The first kappa shape index (κ1) is 12.8. The highest BCUT2D eigenvalue weighted by molar-refractivity contribution is 7.98. The summed E-state index contributed by atoms with van der Waals surface area (Å²) in [5.74, 6) is 1.56. The molecule has 4 heteroatoms. The molecule has 0 amide bonds. The minimum Gasteiger partial charge on any atom is -0.469 e. The van der Waals surface area contributed by atoms with Crippen LogP contribution in [0, 0.1) is 11.3 Å². The van der Waals surface area contributed by atoms with E-state index in [4.69, 9.17) is 10.5 Å². The van der Waals surface area contributed by atoms with Crippen LogP contribution in [0.5, 0.6) is 0 Å². The lowest BCUT2D eigenvalue weighted by Crippen LogP contribution is -2.40. The van der Waals surface area contributed by atoms with Crippen molar-refractivity contribution in [2.24, 2.45) is 17.1 Å². The molecule has 0 aromatic carbocycles. The van der Waals surface area contributed by atoms with Crippen LogP contribution >= 0.6 is 11.8 Å². The first-order chi connectivity index (χ1) is 7.18. The van der Waals surface area contributed by atoms with Crippen LogP contribution in [0.3, 0.4) is 0 Å². The third-order valence-electron chi connectivity index (χ3n) is 3.17. The molecular formula is C11H21NO2S. The molecule has 0 aliphatic heterocycles. The number of carbonyl (C=O) groups is 1. The van der Waals surface area contributed by atoms with Crippen molar-refractivity contribution in [3.05, 3.63) is 0 Å². The zero-order valence-electron chi connectivity index (χ0n) is 9.62. The van der Waals surface area contributed by atoms with E-state index in [2.05, 4.69) is 6.26 Å². The van der Waals surface area contributed by atoms with Gasteiger partial charge in [0.2, 0.25) is 0 Å². The normalized spacial score (nSPS) is 19.7. The average Bonchev–Trinajstić information content (AvgIpc) is 3.07. The third kappa shape index (κ3) is 3.38. The van der Waals surface area contributed by atoms with Gasteiger partial charge in [-0.3, -0.25) is 4.79 Å². The second-order valence-electron chi connectivity index (χ2n) is 4.37. The molecule has 15 heavy (non-hydrogen) atoms. The van der Waals surface area contributed by atoms with E-state index in [1.54, 1.807) is 11.8 Å². The highest BCUT2D eigenvalue weighted by atomic mass is 32.2. The van der Waals surface area contributed by atoms with E-state index in [1.165, 1.54) is 20.0 Å². The van der Waals surface area contributed by atoms with Gasteiger partial charge in [0.1, 0.15) is 0 Å². The van der Waals surface area contributed by atoms with Gasteiger partial charge in [0.25, 0.3) is 0 Å². The Balaban J connectivity index is 2.63. The quantitative estimate of drug-likeness (QED) is 0.677. The Bertz CT molecular complexity index is 219. The number of methoxy groups -OCH3 is 1. The van der Waals surface area contributed by atoms with Crippen LogP contribution in [-0.2, 0) is 9.53 Å². The van der Waals surface area contributed by atoms with E-state index in [0.29, 0.717) is 12.5 Å². The van der Waals surface area contributed by atoms with Gasteiger partial charge in [0.05, 0.1) is 12.5 Å². The summed E-state index contributed by atoms with van der Waals surface area (Å²) >= 11 is 1.76. The van der Waals surface area contributed by atoms with Crippen molar-refractivity contribution in [3.8, 4) is 0 Å². The van der Waals surface area contributed by atoms with Crippen molar-refractivity contribution in [1.82, 2.24) is 0 Å². The molecule has 3 nitrogen and oxygen atoms in total. The minimum absolute atomic E-state index is 0.119. The Kier molecular flexibility index (Phi) is 4.93. The molecule has 0 aromatic heterocycles. The van der Waals surface area contributed by atoms with Gasteiger partial charge in [-0.05, 0) is 30.8 Å². The Labute approximate surface area is 96.1 Å². The molecule has 0 radical (unpaired) electrons. The molecule has 0 spiro atoms. The third-order valence-corrected chi connectivity index (χ3v) is 3.78. The fourth-order valence-electron chi connectivity index (χ4n) is 1.94. The minimum atomic E-state index is -0.418. The average molecular weight is 231 g/mol. The van der Waals surface area contributed by atoms with Gasteiger partial charge in [0.15, 0.2) is 0 Å². The van der Waals surface area contributed by atoms with Crippen molar-refractivity contribution in [2.45, 2.75) is 25.7 Å². The van der Waals surface area contributed by atoms with Gasteiger partial charge in [-0.15, -0.1) is 0 Å². The standard InChI is InChI=1S/C11H21NO2S/c1-14-10(13)11(8-12,5-6-15-2)7-9-3-4-9/h9H,3-8,12H2,1-2H3. The van der Waals surface area contributed by atoms with Crippen LogP contribution < -0.4 is 5.73 Å². The molecule has 0 aromatic rings. The Morgan fingerprint density at radius 1 is 1.60 bits per heavy atom. The number of ether oxygens (including phenoxy) is 1. The van der Waals surface area contributed by atoms with Gasteiger partial charge in [-0.1, -0.05) is 12.8 Å². The number of esters is 1. The zero-order valence-corrected chi connectivity index (χ0v) is 10.4. The number of nitrogens with two attached hydrogens (primary N) is 1. The largest absolute Gasteiger partial charge is 0.469 e. The molecule has 1 fully saturated rings. The van der Waals surface area contributed by atoms with Crippen molar-refractivity contribution in [1.29, 1.82) is 0 Å².